The number of H-pyrrole nitrogens is 1. The summed E-state index contributed by atoms with van der Waals surface area (Å²) in [5, 5.41) is 21.8. The number of anilines is 1. The summed E-state index contributed by atoms with van der Waals surface area (Å²) in [4.78, 5) is 41.3. The van der Waals surface area contributed by atoms with Gasteiger partial charge in [0.15, 0.2) is 0 Å². The highest BCUT2D eigenvalue weighted by Gasteiger charge is 2.33. The van der Waals surface area contributed by atoms with Gasteiger partial charge in [-0.15, -0.1) is 0 Å². The number of carbonyl (C=O) groups is 2. The van der Waals surface area contributed by atoms with E-state index in [4.69, 9.17) is 21.1 Å². The molecule has 0 saturated heterocycles. The van der Waals surface area contributed by atoms with Crippen LogP contribution in [0, 0.1) is 28.4 Å². The Morgan fingerprint density at radius 2 is 1.84 bits per heavy atom. The molecule has 11 heteroatoms. The first-order chi connectivity index (χ1) is 17.9. The second-order valence-corrected chi connectivity index (χ2v) is 9.72. The molecule has 3 rings (SSSR count). The lowest BCUT2D eigenvalue weighted by molar-refractivity contribution is -0.384. The summed E-state index contributed by atoms with van der Waals surface area (Å²) in [6, 6.07) is 12.9. The number of aromatic amines is 1. The van der Waals surface area contributed by atoms with Crippen LogP contribution in [0.15, 0.2) is 42.5 Å². The van der Waals surface area contributed by atoms with Crippen molar-refractivity contribution in [2.75, 3.05) is 11.5 Å². The van der Waals surface area contributed by atoms with Crippen LogP contribution in [0.3, 0.4) is 0 Å². The predicted molar refractivity (Wildman–Crippen MR) is 142 cm³/mol. The van der Waals surface area contributed by atoms with Crippen LogP contribution in [0.1, 0.15) is 54.9 Å². The van der Waals surface area contributed by atoms with E-state index in [2.05, 4.69) is 11.1 Å². The van der Waals surface area contributed by atoms with Gasteiger partial charge in [0.2, 0.25) is 0 Å². The number of para-hydroxylation sites is 1. The molecule has 38 heavy (non-hydrogen) atoms. The Hall–Kier alpha value is -4.36. The molecule has 0 unspecified atom stereocenters. The number of ether oxygens (including phenoxy) is 2. The molecule has 0 aliphatic heterocycles. The number of hydrogen-bond donors (Lipinski definition) is 1. The first-order valence-electron chi connectivity index (χ1n) is 11.7. The average Bonchev–Trinajstić information content (AvgIpc) is 3.14. The number of amides is 1. The van der Waals surface area contributed by atoms with Gasteiger partial charge < -0.3 is 14.5 Å². The number of hydrogen-bond acceptors (Lipinski definition) is 7. The Morgan fingerprint density at radius 3 is 2.39 bits per heavy atom. The Morgan fingerprint density at radius 1 is 1.18 bits per heavy atom. The summed E-state index contributed by atoms with van der Waals surface area (Å²) in [6.45, 7) is 8.30. The number of aromatic nitrogens is 1. The minimum absolute atomic E-state index is 0.0438. The predicted octanol–water partition coefficient (Wildman–Crippen LogP) is 6.54. The lowest BCUT2D eigenvalue weighted by Crippen LogP contribution is -2.37. The first-order valence-corrected chi connectivity index (χ1v) is 12.1. The van der Waals surface area contributed by atoms with Gasteiger partial charge in [-0.05, 0) is 57.4 Å². The molecule has 0 aliphatic rings. The number of nitrogens with zero attached hydrogens (tertiary/aromatic N) is 3. The minimum Gasteiger partial charge on any atom is -0.462 e. The van der Waals surface area contributed by atoms with Crippen molar-refractivity contribution in [2.24, 2.45) is 0 Å². The molecule has 1 heterocycles. The molecular formula is C27H27ClN4O6. The van der Waals surface area contributed by atoms with Crippen LogP contribution < -0.4 is 4.90 Å². The second-order valence-electron chi connectivity index (χ2n) is 9.34. The number of nitriles is 1. The number of nitro benzene ring substituents is 1. The zero-order valence-corrected chi connectivity index (χ0v) is 22.4. The zero-order valence-electron chi connectivity index (χ0n) is 21.6. The molecule has 3 aromatic rings. The van der Waals surface area contributed by atoms with E-state index >= 15 is 0 Å². The van der Waals surface area contributed by atoms with E-state index in [1.54, 1.807) is 58.9 Å². The molecule has 1 aromatic heterocycles. The highest BCUT2D eigenvalue weighted by Crippen LogP contribution is 2.36. The zero-order chi connectivity index (χ0) is 28.2. The van der Waals surface area contributed by atoms with Gasteiger partial charge in [-0.1, -0.05) is 41.9 Å². The number of nitrogens with one attached hydrogen (secondary N) is 1. The Bertz CT molecular complexity index is 1420. The highest BCUT2D eigenvalue weighted by atomic mass is 35.5. The average molecular weight is 539 g/mol. The van der Waals surface area contributed by atoms with Gasteiger partial charge in [0, 0.05) is 11.6 Å². The molecule has 0 bridgehead atoms. The third-order valence-corrected chi connectivity index (χ3v) is 5.85. The van der Waals surface area contributed by atoms with Crippen LogP contribution in [0.5, 0.6) is 0 Å². The van der Waals surface area contributed by atoms with Gasteiger partial charge in [-0.3, -0.25) is 15.0 Å². The van der Waals surface area contributed by atoms with Gasteiger partial charge >= 0.3 is 12.1 Å². The fourth-order valence-corrected chi connectivity index (χ4v) is 4.04. The van der Waals surface area contributed by atoms with E-state index in [-0.39, 0.29) is 24.4 Å². The molecule has 2 aromatic carbocycles. The first kappa shape index (κ1) is 28.2. The van der Waals surface area contributed by atoms with Crippen molar-refractivity contribution in [1.82, 2.24) is 4.98 Å². The molecule has 0 radical (unpaired) electrons. The number of nitro groups is 1. The van der Waals surface area contributed by atoms with Crippen LogP contribution in [0.4, 0.5) is 16.2 Å². The maximum absolute atomic E-state index is 13.4. The van der Waals surface area contributed by atoms with Gasteiger partial charge in [0.05, 0.1) is 23.6 Å². The van der Waals surface area contributed by atoms with Crippen LogP contribution in [0.2, 0.25) is 5.15 Å². The number of esters is 1. The quantitative estimate of drug-likeness (QED) is 0.204. The summed E-state index contributed by atoms with van der Waals surface area (Å²) in [5.74, 6) is -0.807. The summed E-state index contributed by atoms with van der Waals surface area (Å²) >= 11 is 6.16. The Balaban J connectivity index is 2.12. The van der Waals surface area contributed by atoms with Crippen molar-refractivity contribution in [2.45, 2.75) is 46.8 Å². The third kappa shape index (κ3) is 6.12. The van der Waals surface area contributed by atoms with Crippen molar-refractivity contribution < 1.29 is 24.0 Å². The van der Waals surface area contributed by atoms with Crippen LogP contribution >= 0.6 is 11.6 Å². The lowest BCUT2D eigenvalue weighted by Gasteiger charge is -2.28. The number of carbonyl (C=O) groups excluding carboxylic acids is 2. The second kappa shape index (κ2) is 11.4. The van der Waals surface area contributed by atoms with Crippen LogP contribution in [-0.4, -0.2) is 34.2 Å². The number of halogens is 1. The molecule has 0 fully saturated rings. The summed E-state index contributed by atoms with van der Waals surface area (Å²) in [7, 11) is 0. The summed E-state index contributed by atoms with van der Waals surface area (Å²) in [5.41, 5.74) is 1.25. The van der Waals surface area contributed by atoms with Gasteiger partial charge in [-0.25, -0.2) is 9.59 Å². The smallest absolute Gasteiger partial charge is 0.415 e. The van der Waals surface area contributed by atoms with E-state index in [9.17, 15) is 25.0 Å². The Labute approximate surface area is 224 Å². The molecule has 1 amide bonds. The standard InChI is InChI=1S/C27H27ClN4O6/c1-6-37-25(33)19-8-7-9-21(32(35)36)23(19)31(26(34)38-27(3,4)5)15-17-10-12-18(13-11-17)22-16(2)24(28)30-20(22)14-29/h7-13,30H,6,15H2,1-5H3. The van der Waals surface area contributed by atoms with Crippen molar-refractivity contribution in [1.29, 1.82) is 5.26 Å². The maximum atomic E-state index is 13.4. The molecule has 0 spiro atoms. The maximum Gasteiger partial charge on any atom is 0.415 e. The van der Waals surface area contributed by atoms with E-state index in [1.165, 1.54) is 18.2 Å². The molecular weight excluding hydrogens is 512 g/mol. The fourth-order valence-electron chi connectivity index (χ4n) is 3.86. The van der Waals surface area contributed by atoms with Gasteiger partial charge in [0.25, 0.3) is 5.69 Å². The lowest BCUT2D eigenvalue weighted by atomic mass is 10.0. The molecule has 0 saturated carbocycles. The molecule has 0 aliphatic carbocycles. The van der Waals surface area contributed by atoms with E-state index in [0.29, 0.717) is 33.1 Å². The SMILES string of the molecule is CCOC(=O)c1cccc([N+](=O)[O-])c1N(Cc1ccc(-c2c(C#N)[nH]c(Cl)c2C)cc1)C(=O)OC(C)(C)C. The van der Waals surface area contributed by atoms with Crippen LogP contribution in [0.25, 0.3) is 11.1 Å². The van der Waals surface area contributed by atoms with Gasteiger partial charge in [-0.2, -0.15) is 5.26 Å². The third-order valence-electron chi connectivity index (χ3n) is 5.47. The number of benzene rings is 2. The fraction of sp³-hybridized carbons (Fsp3) is 0.296. The van der Waals surface area contributed by atoms with Gasteiger partial charge in [0.1, 0.15) is 28.2 Å². The molecule has 10 nitrogen and oxygen atoms in total. The minimum atomic E-state index is -0.911. The van der Waals surface area contributed by atoms with Crippen molar-refractivity contribution in [3.05, 3.63) is 80.1 Å². The largest absolute Gasteiger partial charge is 0.462 e. The van der Waals surface area contributed by atoms with Crippen molar-refractivity contribution in [3.8, 4) is 17.2 Å². The normalized spacial score (nSPS) is 11.0. The van der Waals surface area contributed by atoms with Crippen LogP contribution in [-0.2, 0) is 16.0 Å². The topological polar surface area (TPSA) is 139 Å². The van der Waals surface area contributed by atoms with E-state index < -0.39 is 28.3 Å². The molecule has 198 valence electrons. The molecule has 0 atom stereocenters. The summed E-state index contributed by atoms with van der Waals surface area (Å²) in [6.07, 6.45) is -0.874. The molecule has 1 N–H and O–H groups in total. The van der Waals surface area contributed by atoms with E-state index in [1.807, 2.05) is 0 Å². The summed E-state index contributed by atoms with van der Waals surface area (Å²) < 4.78 is 10.7. The monoisotopic (exact) mass is 538 g/mol. The number of rotatable bonds is 7. The van der Waals surface area contributed by atoms with E-state index in [0.717, 1.165) is 4.90 Å². The Kier molecular flexibility index (Phi) is 8.43. The highest BCUT2D eigenvalue weighted by molar-refractivity contribution is 6.30. The van der Waals surface area contributed by atoms with Crippen molar-refractivity contribution >= 4 is 35.0 Å². The van der Waals surface area contributed by atoms with Crippen molar-refractivity contribution in [3.63, 3.8) is 0 Å².